The molecule has 0 spiro atoms. The Bertz CT molecular complexity index is 42.6. The third-order valence-electron chi connectivity index (χ3n) is 0.642. The van der Waals surface area contributed by atoms with Gasteiger partial charge < -0.3 is 16.8 Å². The molecule has 5 N–H and O–H groups in total. The number of nitrogens with one attached hydrogen (secondary N) is 1. The molecule has 0 saturated carbocycles. The summed E-state index contributed by atoms with van der Waals surface area (Å²) in [5.41, 5.74) is 10.3. The lowest BCUT2D eigenvalue weighted by Crippen LogP contribution is -2.27. The first-order valence-electron chi connectivity index (χ1n) is 3.52. The normalized spacial score (nSPS) is 6.73. The van der Waals surface area contributed by atoms with E-state index in [2.05, 4.69) is 31.6 Å². The first kappa shape index (κ1) is 16.8. The largest absolute Gasteiger partial charge is 0.329 e. The molecule has 0 atom stereocenters. The number of rotatable bonds is 4. The molecule has 0 amide bonds. The van der Waals surface area contributed by atoms with Gasteiger partial charge in [-0.15, -0.1) is 26.3 Å². The Morgan fingerprint density at radius 3 is 1.27 bits per heavy atom. The SMILES string of the molecule is C=C.C=C.NCCNCCN. The van der Waals surface area contributed by atoms with Gasteiger partial charge in [-0.3, -0.25) is 0 Å². The van der Waals surface area contributed by atoms with Crippen molar-refractivity contribution in [1.82, 2.24) is 5.32 Å². The third-order valence-corrected chi connectivity index (χ3v) is 0.642. The fraction of sp³-hybridized carbons (Fsp3) is 0.500. The van der Waals surface area contributed by atoms with Gasteiger partial charge in [-0.1, -0.05) is 0 Å². The molecule has 0 rings (SSSR count). The number of hydrogen-bond donors (Lipinski definition) is 3. The second-order valence-electron chi connectivity index (χ2n) is 1.33. The minimum Gasteiger partial charge on any atom is -0.329 e. The van der Waals surface area contributed by atoms with Gasteiger partial charge in [0.05, 0.1) is 0 Å². The predicted molar refractivity (Wildman–Crippen MR) is 53.5 cm³/mol. The highest BCUT2D eigenvalue weighted by Gasteiger charge is 1.76. The molecular formula is C8H21N3. The zero-order valence-electron chi connectivity index (χ0n) is 7.31. The summed E-state index contributed by atoms with van der Waals surface area (Å²) in [6.45, 7) is 15.1. The molecule has 0 saturated heterocycles. The highest BCUT2D eigenvalue weighted by atomic mass is 14.9. The van der Waals surface area contributed by atoms with Crippen LogP contribution in [0.4, 0.5) is 0 Å². The first-order valence-corrected chi connectivity index (χ1v) is 3.52. The van der Waals surface area contributed by atoms with Crippen LogP contribution in [-0.4, -0.2) is 26.2 Å². The molecule has 0 aliphatic carbocycles. The molecule has 0 fully saturated rings. The fourth-order valence-corrected chi connectivity index (χ4v) is 0.329. The molecule has 0 unspecified atom stereocenters. The van der Waals surface area contributed by atoms with Gasteiger partial charge in [-0.2, -0.15) is 0 Å². The third kappa shape index (κ3) is 44.9. The van der Waals surface area contributed by atoms with Crippen LogP contribution in [-0.2, 0) is 0 Å². The highest BCUT2D eigenvalue weighted by molar-refractivity contribution is 4.45. The molecule has 0 bridgehead atoms. The number of hydrogen-bond acceptors (Lipinski definition) is 3. The molecule has 3 heteroatoms. The van der Waals surface area contributed by atoms with Crippen LogP contribution in [0.2, 0.25) is 0 Å². The Kier molecular flexibility index (Phi) is 52.4. The van der Waals surface area contributed by atoms with Crippen LogP contribution in [0.1, 0.15) is 0 Å². The lowest BCUT2D eigenvalue weighted by molar-refractivity contribution is 0.696. The van der Waals surface area contributed by atoms with Crippen LogP contribution in [0.3, 0.4) is 0 Å². The Hall–Kier alpha value is -0.640. The van der Waals surface area contributed by atoms with Crippen LogP contribution in [0.15, 0.2) is 26.3 Å². The van der Waals surface area contributed by atoms with E-state index in [0.29, 0.717) is 13.1 Å². The minimum absolute atomic E-state index is 0.694. The van der Waals surface area contributed by atoms with Crippen molar-refractivity contribution in [2.75, 3.05) is 26.2 Å². The highest BCUT2D eigenvalue weighted by Crippen LogP contribution is 1.49. The smallest absolute Gasteiger partial charge is 0.00750 e. The van der Waals surface area contributed by atoms with Gasteiger partial charge in [0.1, 0.15) is 0 Å². The van der Waals surface area contributed by atoms with E-state index in [0.717, 1.165) is 13.1 Å². The van der Waals surface area contributed by atoms with Crippen molar-refractivity contribution in [3.8, 4) is 0 Å². The van der Waals surface area contributed by atoms with Crippen LogP contribution in [0.5, 0.6) is 0 Å². The molecule has 0 radical (unpaired) electrons. The Morgan fingerprint density at radius 1 is 0.818 bits per heavy atom. The monoisotopic (exact) mass is 159 g/mol. The maximum Gasteiger partial charge on any atom is 0.00750 e. The van der Waals surface area contributed by atoms with E-state index < -0.39 is 0 Å². The van der Waals surface area contributed by atoms with Crippen molar-refractivity contribution in [2.24, 2.45) is 11.5 Å². The molecule has 68 valence electrons. The Morgan fingerprint density at radius 2 is 1.09 bits per heavy atom. The topological polar surface area (TPSA) is 64.1 Å². The molecule has 0 aliphatic heterocycles. The van der Waals surface area contributed by atoms with Crippen LogP contribution in [0.25, 0.3) is 0 Å². The summed E-state index contributed by atoms with van der Waals surface area (Å²) < 4.78 is 0. The minimum atomic E-state index is 0.694. The molecule has 3 nitrogen and oxygen atoms in total. The predicted octanol–water partition coefficient (Wildman–Crippen LogP) is 0.0978. The van der Waals surface area contributed by atoms with E-state index in [9.17, 15) is 0 Å². The average molecular weight is 159 g/mol. The summed E-state index contributed by atoms with van der Waals surface area (Å²) >= 11 is 0. The summed E-state index contributed by atoms with van der Waals surface area (Å²) in [5.74, 6) is 0. The molecule has 11 heavy (non-hydrogen) atoms. The van der Waals surface area contributed by atoms with Crippen LogP contribution in [0, 0.1) is 0 Å². The van der Waals surface area contributed by atoms with Gasteiger partial charge in [-0.05, 0) is 0 Å². The quantitative estimate of drug-likeness (QED) is 0.402. The molecule has 0 aromatic carbocycles. The summed E-state index contributed by atoms with van der Waals surface area (Å²) in [7, 11) is 0. The van der Waals surface area contributed by atoms with E-state index in [1.54, 1.807) is 0 Å². The second kappa shape index (κ2) is 34.4. The Balaban J connectivity index is -0.000000138. The van der Waals surface area contributed by atoms with E-state index in [1.165, 1.54) is 0 Å². The van der Waals surface area contributed by atoms with Gasteiger partial charge in [0.15, 0.2) is 0 Å². The van der Waals surface area contributed by atoms with Gasteiger partial charge in [0, 0.05) is 26.2 Å². The number of nitrogens with two attached hydrogens (primary N) is 2. The maximum absolute atomic E-state index is 5.17. The second-order valence-corrected chi connectivity index (χ2v) is 1.33. The van der Waals surface area contributed by atoms with Crippen LogP contribution < -0.4 is 16.8 Å². The molecule has 0 aromatic rings. The van der Waals surface area contributed by atoms with E-state index in [-0.39, 0.29) is 0 Å². The molecule has 0 aromatic heterocycles. The first-order chi connectivity index (χ1) is 5.41. The van der Waals surface area contributed by atoms with Crippen molar-refractivity contribution >= 4 is 0 Å². The van der Waals surface area contributed by atoms with Crippen molar-refractivity contribution < 1.29 is 0 Å². The van der Waals surface area contributed by atoms with Gasteiger partial charge in [-0.25, -0.2) is 0 Å². The van der Waals surface area contributed by atoms with E-state index in [4.69, 9.17) is 11.5 Å². The zero-order valence-corrected chi connectivity index (χ0v) is 7.31. The van der Waals surface area contributed by atoms with Crippen LogP contribution >= 0.6 is 0 Å². The fourth-order valence-electron chi connectivity index (χ4n) is 0.329. The van der Waals surface area contributed by atoms with Crippen molar-refractivity contribution in [3.63, 3.8) is 0 Å². The van der Waals surface area contributed by atoms with E-state index >= 15 is 0 Å². The van der Waals surface area contributed by atoms with Gasteiger partial charge >= 0.3 is 0 Å². The summed E-state index contributed by atoms with van der Waals surface area (Å²) in [6, 6.07) is 0. The molecular weight excluding hydrogens is 138 g/mol. The Labute approximate surface area is 70.2 Å². The maximum atomic E-state index is 5.17. The average Bonchev–Trinajstić information content (AvgIpc) is 2.13. The molecule has 0 aliphatic rings. The van der Waals surface area contributed by atoms with Crippen molar-refractivity contribution in [3.05, 3.63) is 26.3 Å². The molecule has 0 heterocycles. The van der Waals surface area contributed by atoms with E-state index in [1.807, 2.05) is 0 Å². The van der Waals surface area contributed by atoms with Crippen molar-refractivity contribution in [2.45, 2.75) is 0 Å². The summed E-state index contributed by atoms with van der Waals surface area (Å²) in [5, 5.41) is 3.03. The van der Waals surface area contributed by atoms with Crippen molar-refractivity contribution in [1.29, 1.82) is 0 Å². The van der Waals surface area contributed by atoms with Gasteiger partial charge in [0.2, 0.25) is 0 Å². The standard InChI is InChI=1S/C4H13N3.2C2H4/c5-1-3-7-4-2-6;2*1-2/h7H,1-6H2;2*1-2H2. The van der Waals surface area contributed by atoms with Gasteiger partial charge in [0.25, 0.3) is 0 Å². The summed E-state index contributed by atoms with van der Waals surface area (Å²) in [6.07, 6.45) is 0. The lowest BCUT2D eigenvalue weighted by Gasteiger charge is -1.95. The zero-order chi connectivity index (χ0) is 9.54. The summed E-state index contributed by atoms with van der Waals surface area (Å²) in [4.78, 5) is 0. The lowest BCUT2D eigenvalue weighted by atomic mass is 10.6.